The monoisotopic (exact) mass is 295 g/mol. The van der Waals surface area contributed by atoms with Crippen molar-refractivity contribution in [3.8, 4) is 0 Å². The van der Waals surface area contributed by atoms with Crippen LogP contribution in [-0.2, 0) is 0 Å². The van der Waals surface area contributed by atoms with Crippen LogP contribution in [0.1, 0.15) is 58.8 Å². The summed E-state index contributed by atoms with van der Waals surface area (Å²) in [5.41, 5.74) is 0. The Bertz CT molecular complexity index is 284. The van der Waals surface area contributed by atoms with Gasteiger partial charge in [0.05, 0.1) is 0 Å². The smallest absolute Gasteiger partial charge is 0.0251 e. The summed E-state index contributed by atoms with van der Waals surface area (Å²) >= 11 is 0. The van der Waals surface area contributed by atoms with Crippen molar-refractivity contribution in [2.45, 2.75) is 76.9 Å². The van der Waals surface area contributed by atoms with Crippen LogP contribution in [0.4, 0.5) is 0 Å². The molecule has 0 radical (unpaired) electrons. The molecule has 3 nitrogen and oxygen atoms in total. The molecule has 3 atom stereocenters. The average molecular weight is 296 g/mol. The minimum absolute atomic E-state index is 0.739. The van der Waals surface area contributed by atoms with Crippen molar-refractivity contribution in [3.05, 3.63) is 0 Å². The lowest BCUT2D eigenvalue weighted by atomic mass is 9.79. The van der Waals surface area contributed by atoms with Gasteiger partial charge in [0.2, 0.25) is 0 Å². The summed E-state index contributed by atoms with van der Waals surface area (Å²) in [6, 6.07) is 2.33. The van der Waals surface area contributed by atoms with E-state index in [1.807, 2.05) is 0 Å². The zero-order chi connectivity index (χ0) is 15.2. The van der Waals surface area contributed by atoms with Crippen molar-refractivity contribution in [3.63, 3.8) is 0 Å². The van der Waals surface area contributed by atoms with E-state index >= 15 is 0 Å². The fraction of sp³-hybridized carbons (Fsp3) is 1.00. The number of rotatable bonds is 6. The van der Waals surface area contributed by atoms with Gasteiger partial charge < -0.3 is 10.2 Å². The molecule has 2 fully saturated rings. The molecule has 1 N–H and O–H groups in total. The molecule has 1 saturated heterocycles. The lowest BCUT2D eigenvalue weighted by Gasteiger charge is -2.46. The van der Waals surface area contributed by atoms with Crippen LogP contribution >= 0.6 is 0 Å². The third kappa shape index (κ3) is 4.67. The van der Waals surface area contributed by atoms with Crippen LogP contribution in [0.3, 0.4) is 0 Å². The molecule has 1 heterocycles. The van der Waals surface area contributed by atoms with Crippen LogP contribution in [0.15, 0.2) is 0 Å². The number of likely N-dealkylation sites (tertiary alicyclic amines) is 1. The molecule has 0 amide bonds. The predicted molar refractivity (Wildman–Crippen MR) is 91.8 cm³/mol. The summed E-state index contributed by atoms with van der Waals surface area (Å²) in [6.07, 6.45) is 9.56. The van der Waals surface area contributed by atoms with E-state index in [1.165, 1.54) is 64.6 Å². The van der Waals surface area contributed by atoms with E-state index in [9.17, 15) is 0 Å². The summed E-state index contributed by atoms with van der Waals surface area (Å²) in [5, 5.41) is 3.85. The van der Waals surface area contributed by atoms with Gasteiger partial charge in [-0.15, -0.1) is 0 Å². The lowest BCUT2D eigenvalue weighted by molar-refractivity contribution is 0.0551. The number of nitrogens with zero attached hydrogens (tertiary/aromatic N) is 2. The summed E-state index contributed by atoms with van der Waals surface area (Å²) in [5.74, 6) is 0.959. The molecule has 1 aliphatic carbocycles. The van der Waals surface area contributed by atoms with Gasteiger partial charge in [-0.25, -0.2) is 0 Å². The van der Waals surface area contributed by atoms with Gasteiger partial charge in [0.1, 0.15) is 0 Å². The molecule has 1 aliphatic heterocycles. The van der Waals surface area contributed by atoms with Crippen LogP contribution in [0.25, 0.3) is 0 Å². The Kier molecular flexibility index (Phi) is 6.97. The Morgan fingerprint density at radius 3 is 2.33 bits per heavy atom. The fourth-order valence-corrected chi connectivity index (χ4v) is 4.31. The molecule has 0 aromatic heterocycles. The van der Waals surface area contributed by atoms with E-state index in [-0.39, 0.29) is 0 Å². The number of hydrogen-bond acceptors (Lipinski definition) is 3. The first-order chi connectivity index (χ1) is 10.2. The molecule has 1 saturated carbocycles. The van der Waals surface area contributed by atoms with Crippen molar-refractivity contribution in [2.24, 2.45) is 5.92 Å². The van der Waals surface area contributed by atoms with Gasteiger partial charge in [0.25, 0.3) is 0 Å². The van der Waals surface area contributed by atoms with Crippen LogP contribution in [0, 0.1) is 5.92 Å². The first kappa shape index (κ1) is 17.2. The second-order valence-corrected chi connectivity index (χ2v) is 7.45. The van der Waals surface area contributed by atoms with Gasteiger partial charge in [-0.3, -0.25) is 4.90 Å². The van der Waals surface area contributed by atoms with Crippen LogP contribution in [0.2, 0.25) is 0 Å². The Labute approximate surface area is 132 Å². The normalized spacial score (nSPS) is 32.7. The van der Waals surface area contributed by atoms with Gasteiger partial charge in [-0.1, -0.05) is 20.3 Å². The molecule has 0 bridgehead atoms. The van der Waals surface area contributed by atoms with E-state index in [0.717, 1.165) is 24.0 Å². The molecule has 3 unspecified atom stereocenters. The maximum Gasteiger partial charge on any atom is 0.0251 e. The highest BCUT2D eigenvalue weighted by Crippen LogP contribution is 2.32. The standard InChI is InChI=1S/C18H37N3/c1-5-11-19-17-8-7-15(6-2)14-18(17)21-12-9-16(10-13-21)20(3)4/h15-19H,5-14H2,1-4H3. The van der Waals surface area contributed by atoms with E-state index in [4.69, 9.17) is 0 Å². The number of hydrogen-bond donors (Lipinski definition) is 1. The van der Waals surface area contributed by atoms with Crippen LogP contribution in [-0.4, -0.2) is 61.7 Å². The predicted octanol–water partition coefficient (Wildman–Crippen LogP) is 2.96. The van der Waals surface area contributed by atoms with Gasteiger partial charge in [-0.05, 0) is 78.2 Å². The largest absolute Gasteiger partial charge is 0.312 e. The van der Waals surface area contributed by atoms with Gasteiger partial charge in [-0.2, -0.15) is 0 Å². The summed E-state index contributed by atoms with van der Waals surface area (Å²) in [4.78, 5) is 5.23. The molecule has 0 aromatic carbocycles. The maximum atomic E-state index is 3.85. The Morgan fingerprint density at radius 1 is 1.05 bits per heavy atom. The lowest BCUT2D eigenvalue weighted by Crippen LogP contribution is -2.56. The van der Waals surface area contributed by atoms with E-state index in [1.54, 1.807) is 0 Å². The van der Waals surface area contributed by atoms with E-state index in [0.29, 0.717) is 0 Å². The Morgan fingerprint density at radius 2 is 1.76 bits per heavy atom. The highest BCUT2D eigenvalue weighted by molar-refractivity contribution is 4.93. The van der Waals surface area contributed by atoms with E-state index < -0.39 is 0 Å². The van der Waals surface area contributed by atoms with Crippen molar-refractivity contribution in [1.82, 2.24) is 15.1 Å². The number of piperidine rings is 1. The van der Waals surface area contributed by atoms with Gasteiger partial charge in [0.15, 0.2) is 0 Å². The van der Waals surface area contributed by atoms with Gasteiger partial charge in [0, 0.05) is 18.1 Å². The zero-order valence-electron chi connectivity index (χ0n) is 14.8. The van der Waals surface area contributed by atoms with Gasteiger partial charge >= 0.3 is 0 Å². The Hall–Kier alpha value is -0.120. The first-order valence-corrected chi connectivity index (χ1v) is 9.29. The van der Waals surface area contributed by atoms with Crippen molar-refractivity contribution < 1.29 is 0 Å². The highest BCUT2D eigenvalue weighted by atomic mass is 15.2. The fourth-order valence-electron chi connectivity index (χ4n) is 4.31. The molecule has 0 aromatic rings. The molecule has 2 rings (SSSR count). The third-order valence-corrected chi connectivity index (χ3v) is 5.86. The van der Waals surface area contributed by atoms with Crippen molar-refractivity contribution in [2.75, 3.05) is 33.7 Å². The summed E-state index contributed by atoms with van der Waals surface area (Å²) in [6.45, 7) is 8.44. The van der Waals surface area contributed by atoms with Crippen molar-refractivity contribution in [1.29, 1.82) is 0 Å². The number of nitrogens with one attached hydrogen (secondary N) is 1. The zero-order valence-corrected chi connectivity index (χ0v) is 14.8. The van der Waals surface area contributed by atoms with E-state index in [2.05, 4.69) is 43.1 Å². The maximum absolute atomic E-state index is 3.85. The van der Waals surface area contributed by atoms with Crippen molar-refractivity contribution >= 4 is 0 Å². The topological polar surface area (TPSA) is 18.5 Å². The molecule has 3 heteroatoms. The molecular weight excluding hydrogens is 258 g/mol. The molecule has 2 aliphatic rings. The van der Waals surface area contributed by atoms with Crippen LogP contribution in [0.5, 0.6) is 0 Å². The van der Waals surface area contributed by atoms with Crippen LogP contribution < -0.4 is 5.32 Å². The summed E-state index contributed by atoms with van der Waals surface area (Å²) in [7, 11) is 4.47. The quantitative estimate of drug-likeness (QED) is 0.813. The second kappa shape index (κ2) is 8.50. The molecule has 21 heavy (non-hydrogen) atoms. The Balaban J connectivity index is 1.92. The highest BCUT2D eigenvalue weighted by Gasteiger charge is 2.35. The average Bonchev–Trinajstić information content (AvgIpc) is 2.53. The second-order valence-electron chi connectivity index (χ2n) is 7.45. The third-order valence-electron chi connectivity index (χ3n) is 5.86. The SMILES string of the molecule is CCCNC1CCC(CC)CC1N1CCC(N(C)C)CC1. The molecule has 124 valence electrons. The first-order valence-electron chi connectivity index (χ1n) is 9.29. The molecule has 0 spiro atoms. The summed E-state index contributed by atoms with van der Waals surface area (Å²) < 4.78 is 0. The minimum Gasteiger partial charge on any atom is -0.312 e. The molecular formula is C18H37N3. The minimum atomic E-state index is 0.739.